The van der Waals surface area contributed by atoms with E-state index in [4.69, 9.17) is 9.47 Å². The lowest BCUT2D eigenvalue weighted by Gasteiger charge is -2.46. The number of carbonyl (C=O) groups is 2. The largest absolute Gasteiger partial charge is 0.445 e. The minimum Gasteiger partial charge on any atom is -0.445 e. The van der Waals surface area contributed by atoms with Crippen LogP contribution in [0.15, 0.2) is 30.3 Å². The fraction of sp³-hybridized carbons (Fsp3) is 0.826. The lowest BCUT2D eigenvalue weighted by atomic mass is 9.95. The first-order valence-electron chi connectivity index (χ1n) is 22.8. The average Bonchev–Trinajstić information content (AvgIpc) is 3.20. The molecule has 1 aliphatic heterocycles. The van der Waals surface area contributed by atoms with Gasteiger partial charge in [0, 0.05) is 13.0 Å². The van der Waals surface area contributed by atoms with Crippen molar-refractivity contribution >= 4 is 12.0 Å². The first-order chi connectivity index (χ1) is 26.9. The molecule has 9 nitrogen and oxygen atoms in total. The molecular weight excluding hydrogens is 693 g/mol. The Labute approximate surface area is 335 Å². The number of carbonyl (C=O) groups excluding carboxylic acids is 2. The maximum atomic E-state index is 13.9. The lowest BCUT2D eigenvalue weighted by Crippen LogP contribution is -2.68. The summed E-state index contributed by atoms with van der Waals surface area (Å²) < 4.78 is 11.6. The van der Waals surface area contributed by atoms with Crippen LogP contribution in [0, 0.1) is 0 Å². The predicted octanol–water partition coefficient (Wildman–Crippen LogP) is 10.5. The van der Waals surface area contributed by atoms with Gasteiger partial charge in [-0.2, -0.15) is 0 Å². The molecule has 2 rings (SSSR count). The number of nitrogens with one attached hydrogen (secondary N) is 1. The predicted molar refractivity (Wildman–Crippen MR) is 224 cm³/mol. The average molecular weight is 775 g/mol. The molecule has 0 bridgehead atoms. The highest BCUT2D eigenvalue weighted by molar-refractivity contribution is 5.76. The van der Waals surface area contributed by atoms with Crippen LogP contribution in [-0.2, 0) is 20.9 Å². The second kappa shape index (κ2) is 32.8. The summed E-state index contributed by atoms with van der Waals surface area (Å²) in [6, 6.07) is 8.15. The minimum absolute atomic E-state index is 0.0313. The summed E-state index contributed by atoms with van der Waals surface area (Å²) in [4.78, 5) is 28.6. The van der Waals surface area contributed by atoms with Gasteiger partial charge in [0.25, 0.3) is 0 Å². The summed E-state index contributed by atoms with van der Waals surface area (Å²) in [7, 11) is 0. The molecule has 1 fully saturated rings. The van der Waals surface area contributed by atoms with Crippen LogP contribution < -0.4 is 5.32 Å². The molecule has 0 spiro atoms. The number of hydrogen-bond acceptors (Lipinski definition) is 7. The van der Waals surface area contributed by atoms with Crippen LogP contribution in [0.1, 0.15) is 199 Å². The van der Waals surface area contributed by atoms with E-state index in [0.29, 0.717) is 13.0 Å². The second-order valence-electron chi connectivity index (χ2n) is 16.1. The molecule has 9 heteroatoms. The Kier molecular flexibility index (Phi) is 29.2. The van der Waals surface area contributed by atoms with Crippen molar-refractivity contribution in [3.05, 3.63) is 35.9 Å². The number of amides is 2. The number of alkyl carbamates (subject to hydrolysis) is 1. The molecule has 1 saturated heterocycles. The van der Waals surface area contributed by atoms with Crippen LogP contribution in [0.3, 0.4) is 0 Å². The summed E-state index contributed by atoms with van der Waals surface area (Å²) in [5.41, 5.74) is 0.808. The van der Waals surface area contributed by atoms with Gasteiger partial charge in [-0.15, -0.1) is 0 Å². The van der Waals surface area contributed by atoms with Gasteiger partial charge in [-0.1, -0.05) is 205 Å². The number of unbranched alkanes of at least 4 members (excludes halogenated alkanes) is 25. The highest BCUT2D eigenvalue weighted by Gasteiger charge is 2.48. The fourth-order valence-corrected chi connectivity index (χ4v) is 7.73. The van der Waals surface area contributed by atoms with Gasteiger partial charge < -0.3 is 35.0 Å². The number of aliphatic hydroxyl groups excluding tert-OH is 3. The molecule has 1 aromatic rings. The third-order valence-corrected chi connectivity index (χ3v) is 11.3. The highest BCUT2D eigenvalue weighted by Crippen LogP contribution is 2.26. The van der Waals surface area contributed by atoms with E-state index in [-0.39, 0.29) is 12.5 Å². The third-order valence-electron chi connectivity index (χ3n) is 11.3. The molecule has 318 valence electrons. The van der Waals surface area contributed by atoms with Crippen LogP contribution in [0.25, 0.3) is 0 Å². The minimum atomic E-state index is -1.47. The van der Waals surface area contributed by atoms with Crippen molar-refractivity contribution in [3.63, 3.8) is 0 Å². The topological polar surface area (TPSA) is 129 Å². The van der Waals surface area contributed by atoms with Crippen molar-refractivity contribution in [3.8, 4) is 0 Å². The van der Waals surface area contributed by atoms with Gasteiger partial charge in [-0.3, -0.25) is 4.79 Å². The molecule has 0 aromatic heterocycles. The van der Waals surface area contributed by atoms with E-state index in [0.717, 1.165) is 50.5 Å². The first-order valence-corrected chi connectivity index (χ1v) is 22.8. The summed E-state index contributed by atoms with van der Waals surface area (Å²) >= 11 is 0. The van der Waals surface area contributed by atoms with Gasteiger partial charge in [0.15, 0.2) is 6.23 Å². The standard InChI is InChI=1S/C46H82N2O7/c1-3-5-7-9-11-13-15-17-19-21-23-25-27-32-36-48(41(50)35-31-26-24-22-20-18-16-14-12-10-8-6-4-2)45-42(44(52)43(51)40(37-49)55-45)47-46(53)54-38-39-33-29-28-30-34-39/h28-30,33-34,40,42-45,49,51-52H,3-27,31-32,35-38H2,1-2H3,(H,47,53)/t40-,42-,43-,44-,45-/m1/s1. The molecule has 4 N–H and O–H groups in total. The van der Waals surface area contributed by atoms with Gasteiger partial charge in [0.1, 0.15) is 31.0 Å². The van der Waals surface area contributed by atoms with Crippen LogP contribution >= 0.6 is 0 Å². The van der Waals surface area contributed by atoms with Crippen LogP contribution in [0.5, 0.6) is 0 Å². The highest BCUT2D eigenvalue weighted by atomic mass is 16.6. The molecule has 0 aliphatic carbocycles. The molecule has 0 saturated carbocycles. The Morgan fingerprint density at radius 3 is 1.53 bits per heavy atom. The van der Waals surface area contributed by atoms with E-state index in [1.165, 1.54) is 128 Å². The number of nitrogens with zero attached hydrogens (tertiary/aromatic N) is 1. The Hall–Kier alpha value is -2.20. The fourth-order valence-electron chi connectivity index (χ4n) is 7.73. The smallest absolute Gasteiger partial charge is 0.407 e. The molecule has 5 atom stereocenters. The number of benzene rings is 1. The zero-order chi connectivity index (χ0) is 39.8. The number of hydrogen-bond donors (Lipinski definition) is 4. The van der Waals surface area contributed by atoms with Crippen LogP contribution in [-0.4, -0.2) is 76.0 Å². The molecule has 2 amide bonds. The zero-order valence-corrected chi connectivity index (χ0v) is 35.1. The monoisotopic (exact) mass is 775 g/mol. The van der Waals surface area contributed by atoms with Gasteiger partial charge in [0.2, 0.25) is 5.91 Å². The SMILES string of the molecule is CCCCCCCCCCCCCCCCN(C(=O)CCCCCCCCCCCCCCC)[C@@H]1O[C@H](CO)[C@@H](O)[C@H](O)[C@H]1NC(=O)OCc1ccccc1. The molecule has 1 heterocycles. The van der Waals surface area contributed by atoms with Gasteiger partial charge in [-0.05, 0) is 18.4 Å². The number of rotatable bonds is 34. The maximum absolute atomic E-state index is 13.9. The second-order valence-corrected chi connectivity index (χ2v) is 16.1. The van der Waals surface area contributed by atoms with Crippen LogP contribution in [0.4, 0.5) is 4.79 Å². The third kappa shape index (κ3) is 22.4. The molecule has 1 aromatic carbocycles. The molecule has 1 aliphatic rings. The maximum Gasteiger partial charge on any atom is 0.407 e. The van der Waals surface area contributed by atoms with Crippen molar-refractivity contribution < 1.29 is 34.4 Å². The Morgan fingerprint density at radius 1 is 0.636 bits per heavy atom. The molecule has 0 radical (unpaired) electrons. The first kappa shape index (κ1) is 48.9. The van der Waals surface area contributed by atoms with E-state index >= 15 is 0 Å². The van der Waals surface area contributed by atoms with Crippen molar-refractivity contribution in [2.75, 3.05) is 13.2 Å². The zero-order valence-electron chi connectivity index (χ0n) is 35.1. The molecule has 0 unspecified atom stereocenters. The van der Waals surface area contributed by atoms with Gasteiger partial charge in [-0.25, -0.2) is 4.79 Å². The summed E-state index contributed by atoms with van der Waals surface area (Å²) in [5, 5.41) is 34.7. The Balaban J connectivity index is 1.90. The number of aliphatic hydroxyl groups is 3. The summed E-state index contributed by atoms with van der Waals surface area (Å²) in [6.45, 7) is 4.42. The Bertz CT molecular complexity index is 1060. The van der Waals surface area contributed by atoms with Crippen molar-refractivity contribution in [1.82, 2.24) is 10.2 Å². The van der Waals surface area contributed by atoms with Crippen LogP contribution in [0.2, 0.25) is 0 Å². The summed E-state index contributed by atoms with van der Waals surface area (Å²) in [5.74, 6) is -0.104. The van der Waals surface area contributed by atoms with Crippen molar-refractivity contribution in [2.24, 2.45) is 0 Å². The van der Waals surface area contributed by atoms with Crippen molar-refractivity contribution in [1.29, 1.82) is 0 Å². The van der Waals surface area contributed by atoms with Gasteiger partial charge >= 0.3 is 6.09 Å². The van der Waals surface area contributed by atoms with E-state index in [9.17, 15) is 24.9 Å². The van der Waals surface area contributed by atoms with Gasteiger partial charge in [0.05, 0.1) is 6.61 Å². The summed E-state index contributed by atoms with van der Waals surface area (Å²) in [6.07, 6.45) is 27.5. The molecular formula is C46H82N2O7. The Morgan fingerprint density at radius 2 is 1.07 bits per heavy atom. The van der Waals surface area contributed by atoms with E-state index in [1.54, 1.807) is 4.90 Å². The van der Waals surface area contributed by atoms with E-state index in [1.807, 2.05) is 30.3 Å². The van der Waals surface area contributed by atoms with E-state index in [2.05, 4.69) is 19.2 Å². The van der Waals surface area contributed by atoms with E-state index < -0.39 is 43.3 Å². The van der Waals surface area contributed by atoms with Crippen molar-refractivity contribution in [2.45, 2.75) is 231 Å². The number of ether oxygens (including phenoxy) is 2. The normalized spacial score (nSPS) is 19.7. The lowest BCUT2D eigenvalue weighted by molar-refractivity contribution is -0.230. The molecule has 55 heavy (non-hydrogen) atoms. The quantitative estimate of drug-likeness (QED) is 0.0513.